The number of hydrogen-bond acceptors (Lipinski definition) is 2. The molecule has 0 radical (unpaired) electrons. The number of halogens is 1. The molecular weight excluding hydrogens is 191 g/mol. The average Bonchev–Trinajstić information content (AvgIpc) is 2.29. The van der Waals surface area contributed by atoms with E-state index in [0.29, 0.717) is 5.56 Å². The lowest BCUT2D eigenvalue weighted by Gasteiger charge is -2.28. The molecule has 78 valence electrons. The first kappa shape index (κ1) is 9.97. The Morgan fingerprint density at radius 2 is 1.87 bits per heavy atom. The number of nitriles is 1. The lowest BCUT2D eigenvalue weighted by atomic mass is 10.1. The van der Waals surface area contributed by atoms with Crippen LogP contribution in [0.15, 0.2) is 18.2 Å². The van der Waals surface area contributed by atoms with Crippen molar-refractivity contribution in [2.24, 2.45) is 0 Å². The van der Waals surface area contributed by atoms with Gasteiger partial charge in [-0.2, -0.15) is 5.26 Å². The minimum atomic E-state index is -0.324. The molecule has 1 fully saturated rings. The van der Waals surface area contributed by atoms with Gasteiger partial charge in [0.05, 0.1) is 11.6 Å². The van der Waals surface area contributed by atoms with Crippen molar-refractivity contribution in [3.63, 3.8) is 0 Å². The van der Waals surface area contributed by atoms with Crippen LogP contribution < -0.4 is 4.90 Å². The highest BCUT2D eigenvalue weighted by molar-refractivity contribution is 5.52. The molecule has 0 spiro atoms. The highest BCUT2D eigenvalue weighted by atomic mass is 19.1. The zero-order chi connectivity index (χ0) is 10.7. The minimum absolute atomic E-state index is 0.324. The van der Waals surface area contributed by atoms with Crippen LogP contribution in [-0.2, 0) is 0 Å². The second-order valence-corrected chi connectivity index (χ2v) is 3.86. The van der Waals surface area contributed by atoms with E-state index in [9.17, 15) is 4.39 Å². The van der Waals surface area contributed by atoms with Gasteiger partial charge in [0.2, 0.25) is 0 Å². The molecule has 2 rings (SSSR count). The van der Waals surface area contributed by atoms with Gasteiger partial charge in [0, 0.05) is 18.8 Å². The summed E-state index contributed by atoms with van der Waals surface area (Å²) in [6.07, 6.45) is 3.55. The van der Waals surface area contributed by atoms with Gasteiger partial charge in [0.25, 0.3) is 0 Å². The third kappa shape index (κ3) is 2.27. The standard InChI is InChI=1S/C12H13FN2/c13-11-6-10(9-14)7-12(8-11)15-4-2-1-3-5-15/h6-8H,1-5H2. The normalized spacial score (nSPS) is 16.1. The SMILES string of the molecule is N#Cc1cc(F)cc(N2CCCCC2)c1. The van der Waals surface area contributed by atoms with Crippen LogP contribution in [0.5, 0.6) is 0 Å². The van der Waals surface area contributed by atoms with Crippen LogP contribution in [0.4, 0.5) is 10.1 Å². The molecule has 0 atom stereocenters. The molecule has 0 N–H and O–H groups in total. The first-order valence-corrected chi connectivity index (χ1v) is 5.25. The third-order valence-electron chi connectivity index (χ3n) is 2.73. The molecule has 0 saturated carbocycles. The second-order valence-electron chi connectivity index (χ2n) is 3.86. The zero-order valence-corrected chi connectivity index (χ0v) is 8.54. The van der Waals surface area contributed by atoms with Crippen molar-refractivity contribution in [3.05, 3.63) is 29.6 Å². The molecule has 1 aliphatic rings. The fourth-order valence-corrected chi connectivity index (χ4v) is 1.97. The summed E-state index contributed by atoms with van der Waals surface area (Å²) in [4.78, 5) is 2.15. The van der Waals surface area contributed by atoms with E-state index in [1.54, 1.807) is 6.07 Å². The zero-order valence-electron chi connectivity index (χ0n) is 8.54. The molecule has 0 amide bonds. The first-order chi connectivity index (χ1) is 7.29. The molecule has 1 saturated heterocycles. The van der Waals surface area contributed by atoms with Gasteiger partial charge in [-0.25, -0.2) is 4.39 Å². The van der Waals surface area contributed by atoms with E-state index in [1.807, 2.05) is 6.07 Å². The monoisotopic (exact) mass is 204 g/mol. The number of piperidine rings is 1. The van der Waals surface area contributed by atoms with Crippen molar-refractivity contribution in [1.29, 1.82) is 5.26 Å². The fourth-order valence-electron chi connectivity index (χ4n) is 1.97. The van der Waals surface area contributed by atoms with Crippen LogP contribution in [0.25, 0.3) is 0 Å². The summed E-state index contributed by atoms with van der Waals surface area (Å²) in [5, 5.41) is 8.75. The van der Waals surface area contributed by atoms with Gasteiger partial charge in [-0.05, 0) is 37.5 Å². The fraction of sp³-hybridized carbons (Fsp3) is 0.417. The van der Waals surface area contributed by atoms with Gasteiger partial charge in [-0.15, -0.1) is 0 Å². The lowest BCUT2D eigenvalue weighted by molar-refractivity contribution is 0.574. The van der Waals surface area contributed by atoms with E-state index in [4.69, 9.17) is 5.26 Å². The van der Waals surface area contributed by atoms with E-state index >= 15 is 0 Å². The Morgan fingerprint density at radius 3 is 2.53 bits per heavy atom. The van der Waals surface area contributed by atoms with E-state index in [2.05, 4.69) is 4.90 Å². The number of rotatable bonds is 1. The molecule has 15 heavy (non-hydrogen) atoms. The number of benzene rings is 1. The van der Waals surface area contributed by atoms with Crippen molar-refractivity contribution in [3.8, 4) is 6.07 Å². The summed E-state index contributed by atoms with van der Waals surface area (Å²) in [5.41, 5.74) is 1.24. The van der Waals surface area contributed by atoms with Gasteiger partial charge < -0.3 is 4.90 Å². The van der Waals surface area contributed by atoms with E-state index < -0.39 is 0 Å². The maximum absolute atomic E-state index is 13.2. The highest BCUT2D eigenvalue weighted by Gasteiger charge is 2.12. The number of anilines is 1. The molecule has 3 heteroatoms. The van der Waals surface area contributed by atoms with Crippen LogP contribution in [0.3, 0.4) is 0 Å². The van der Waals surface area contributed by atoms with Crippen LogP contribution in [0.2, 0.25) is 0 Å². The number of nitrogens with zero attached hydrogens (tertiary/aromatic N) is 2. The molecule has 0 unspecified atom stereocenters. The molecule has 1 aromatic rings. The lowest BCUT2D eigenvalue weighted by Crippen LogP contribution is -2.29. The Morgan fingerprint density at radius 1 is 1.13 bits per heavy atom. The Kier molecular flexibility index (Phi) is 2.86. The van der Waals surface area contributed by atoms with Crippen molar-refractivity contribution in [1.82, 2.24) is 0 Å². The van der Waals surface area contributed by atoms with Crippen LogP contribution in [0, 0.1) is 17.1 Å². The largest absolute Gasteiger partial charge is 0.371 e. The molecule has 1 heterocycles. The third-order valence-corrected chi connectivity index (χ3v) is 2.73. The number of hydrogen-bond donors (Lipinski definition) is 0. The summed E-state index contributed by atoms with van der Waals surface area (Å²) in [7, 11) is 0. The molecule has 1 aromatic carbocycles. The Labute approximate surface area is 88.9 Å². The summed E-state index contributed by atoms with van der Waals surface area (Å²) in [5.74, 6) is -0.324. The van der Waals surface area contributed by atoms with Crippen molar-refractivity contribution >= 4 is 5.69 Å². The van der Waals surface area contributed by atoms with Crippen molar-refractivity contribution in [2.45, 2.75) is 19.3 Å². The molecular formula is C12H13FN2. The van der Waals surface area contributed by atoms with E-state index in [0.717, 1.165) is 31.6 Å². The smallest absolute Gasteiger partial charge is 0.126 e. The van der Waals surface area contributed by atoms with Gasteiger partial charge in [0.15, 0.2) is 0 Å². The van der Waals surface area contributed by atoms with Crippen LogP contribution in [-0.4, -0.2) is 13.1 Å². The molecule has 0 aromatic heterocycles. The summed E-state index contributed by atoms with van der Waals surface area (Å²) >= 11 is 0. The van der Waals surface area contributed by atoms with Crippen molar-refractivity contribution in [2.75, 3.05) is 18.0 Å². The molecule has 0 aliphatic carbocycles. The van der Waals surface area contributed by atoms with E-state index in [-0.39, 0.29) is 5.82 Å². The van der Waals surface area contributed by atoms with Gasteiger partial charge in [-0.3, -0.25) is 0 Å². The minimum Gasteiger partial charge on any atom is -0.371 e. The van der Waals surface area contributed by atoms with Crippen LogP contribution in [0.1, 0.15) is 24.8 Å². The maximum atomic E-state index is 13.2. The maximum Gasteiger partial charge on any atom is 0.126 e. The van der Waals surface area contributed by atoms with Gasteiger partial charge in [-0.1, -0.05) is 0 Å². The molecule has 2 nitrogen and oxygen atoms in total. The predicted octanol–water partition coefficient (Wildman–Crippen LogP) is 2.69. The predicted molar refractivity (Wildman–Crippen MR) is 57.2 cm³/mol. The van der Waals surface area contributed by atoms with Gasteiger partial charge in [0.1, 0.15) is 5.82 Å². The van der Waals surface area contributed by atoms with Crippen molar-refractivity contribution < 1.29 is 4.39 Å². The quantitative estimate of drug-likeness (QED) is 0.703. The second kappa shape index (κ2) is 4.31. The summed E-state index contributed by atoms with van der Waals surface area (Å²) < 4.78 is 13.2. The Bertz CT molecular complexity index is 389. The van der Waals surface area contributed by atoms with Gasteiger partial charge >= 0.3 is 0 Å². The highest BCUT2D eigenvalue weighted by Crippen LogP contribution is 2.22. The first-order valence-electron chi connectivity index (χ1n) is 5.25. The topological polar surface area (TPSA) is 27.0 Å². The average molecular weight is 204 g/mol. The summed E-state index contributed by atoms with van der Waals surface area (Å²) in [6.45, 7) is 1.93. The summed E-state index contributed by atoms with van der Waals surface area (Å²) in [6, 6.07) is 6.52. The molecule has 0 bridgehead atoms. The van der Waals surface area contributed by atoms with Crippen LogP contribution >= 0.6 is 0 Å². The molecule has 1 aliphatic heterocycles. The van der Waals surface area contributed by atoms with E-state index in [1.165, 1.54) is 18.6 Å². The Balaban J connectivity index is 2.27. The Hall–Kier alpha value is -1.56.